The number of ether oxygens (including phenoxy) is 3. The molecule has 216 valence electrons. The average Bonchev–Trinajstić information content (AvgIpc) is 3.32. The highest BCUT2D eigenvalue weighted by Gasteiger charge is 2.54. The zero-order valence-electron chi connectivity index (χ0n) is 22.0. The molecule has 5 N–H and O–H groups in total. The Morgan fingerprint density at radius 1 is 1.25 bits per heavy atom. The molecule has 3 amide bonds. The fraction of sp³-hybridized carbons (Fsp3) is 0.435. The molecule has 0 aliphatic carbocycles. The van der Waals surface area contributed by atoms with Gasteiger partial charge in [0.25, 0.3) is 11.8 Å². The van der Waals surface area contributed by atoms with Crippen molar-refractivity contribution >= 4 is 63.8 Å². The maximum atomic E-state index is 13.2. The van der Waals surface area contributed by atoms with Crippen molar-refractivity contribution in [3.63, 3.8) is 0 Å². The van der Waals surface area contributed by atoms with Crippen molar-refractivity contribution in [1.29, 1.82) is 0 Å². The summed E-state index contributed by atoms with van der Waals surface area (Å²) in [5.74, 6) is -2.63. The van der Waals surface area contributed by atoms with Gasteiger partial charge in [0.15, 0.2) is 10.8 Å². The van der Waals surface area contributed by atoms with Gasteiger partial charge in [0.2, 0.25) is 6.79 Å². The number of nitrogen functional groups attached to an aromatic ring is 1. The van der Waals surface area contributed by atoms with Gasteiger partial charge in [-0.05, 0) is 32.4 Å². The van der Waals surface area contributed by atoms with Crippen LogP contribution in [0.15, 0.2) is 34.0 Å². The van der Waals surface area contributed by atoms with Gasteiger partial charge in [0.1, 0.15) is 36.5 Å². The topological polar surface area (TPSA) is 215 Å². The van der Waals surface area contributed by atoms with E-state index >= 15 is 0 Å². The Labute approximate surface area is 236 Å². The highest BCUT2D eigenvalue weighted by atomic mass is 32.2. The molecule has 2 aliphatic heterocycles. The van der Waals surface area contributed by atoms with Crippen LogP contribution in [0.1, 0.15) is 26.5 Å². The van der Waals surface area contributed by atoms with Crippen molar-refractivity contribution in [2.75, 3.05) is 32.0 Å². The molecule has 0 saturated carbocycles. The van der Waals surface area contributed by atoms with Crippen molar-refractivity contribution in [2.24, 2.45) is 16.3 Å². The summed E-state index contributed by atoms with van der Waals surface area (Å²) in [6.07, 6.45) is 1.94. The molecule has 17 heteroatoms. The molecule has 0 radical (unpaired) electrons. The van der Waals surface area contributed by atoms with Crippen molar-refractivity contribution in [1.82, 2.24) is 15.2 Å². The Morgan fingerprint density at radius 3 is 2.58 bits per heavy atom. The lowest BCUT2D eigenvalue weighted by Crippen LogP contribution is -2.71. The standard InChI is InChI=1S/C23H28N6O9S2/c1-23(2,3)20(33)38-10-37-19(32)15-11(6-5-7-36-22(25)34)8-39-18-14(17(31)29(15)18)27-16(30)13(28-35-4)12-9-40-21(24)26-12/h5-6,9,14,18H,7-8,10H2,1-4H3,(H2,24,26)(H2,25,34)(H,27,30)/b6-5-,28-13-. The number of carbonyl (C=O) groups excluding carboxylic acids is 5. The Hall–Kier alpha value is -4.12. The zero-order valence-corrected chi connectivity index (χ0v) is 23.6. The van der Waals surface area contributed by atoms with E-state index in [2.05, 4.69) is 20.2 Å². The molecule has 0 bridgehead atoms. The summed E-state index contributed by atoms with van der Waals surface area (Å²) in [6.45, 7) is 4.07. The molecule has 1 aromatic rings. The third-order valence-electron chi connectivity index (χ3n) is 5.27. The summed E-state index contributed by atoms with van der Waals surface area (Å²) in [5, 5.41) is 7.37. The predicted molar refractivity (Wildman–Crippen MR) is 143 cm³/mol. The number of oxime groups is 1. The Kier molecular flexibility index (Phi) is 9.75. The molecule has 1 aromatic heterocycles. The number of hydrogen-bond donors (Lipinski definition) is 3. The van der Waals surface area contributed by atoms with Crippen LogP contribution in [0.3, 0.4) is 0 Å². The van der Waals surface area contributed by atoms with Gasteiger partial charge in [-0.2, -0.15) is 0 Å². The van der Waals surface area contributed by atoms with Gasteiger partial charge in [-0.25, -0.2) is 14.6 Å². The number of aromatic nitrogens is 1. The van der Waals surface area contributed by atoms with Gasteiger partial charge in [-0.3, -0.25) is 19.3 Å². The number of thiazole rings is 1. The minimum absolute atomic E-state index is 0.112. The van der Waals surface area contributed by atoms with Crippen LogP contribution in [0.5, 0.6) is 0 Å². The number of nitrogens with zero attached hydrogens (tertiary/aromatic N) is 3. The number of nitrogens with one attached hydrogen (secondary N) is 1. The lowest BCUT2D eigenvalue weighted by Gasteiger charge is -2.49. The number of primary amides is 1. The molecule has 2 atom stereocenters. The van der Waals surface area contributed by atoms with Crippen LogP contribution >= 0.6 is 23.1 Å². The first-order valence-electron chi connectivity index (χ1n) is 11.6. The molecule has 2 unspecified atom stereocenters. The predicted octanol–water partition coefficient (Wildman–Crippen LogP) is 0.471. The number of rotatable bonds is 10. The third-order valence-corrected chi connectivity index (χ3v) is 7.25. The molecular formula is C23H28N6O9S2. The summed E-state index contributed by atoms with van der Waals surface area (Å²) in [5.41, 5.74) is 10.0. The number of carbonyl (C=O) groups is 5. The Bertz CT molecular complexity index is 1280. The van der Waals surface area contributed by atoms with E-state index in [1.54, 1.807) is 20.8 Å². The van der Waals surface area contributed by atoms with Gasteiger partial charge >= 0.3 is 18.0 Å². The number of anilines is 1. The first-order chi connectivity index (χ1) is 18.8. The van der Waals surface area contributed by atoms with Crippen molar-refractivity contribution in [3.05, 3.63) is 34.5 Å². The van der Waals surface area contributed by atoms with Crippen LogP contribution in [0.2, 0.25) is 0 Å². The molecular weight excluding hydrogens is 568 g/mol. The second kappa shape index (κ2) is 12.8. The first-order valence-corrected chi connectivity index (χ1v) is 13.5. The number of allylic oxidation sites excluding steroid dienone is 1. The lowest BCUT2D eigenvalue weighted by atomic mass is 9.98. The number of fused-ring (bicyclic) bond motifs is 1. The van der Waals surface area contributed by atoms with Crippen molar-refractivity contribution in [2.45, 2.75) is 32.2 Å². The first kappa shape index (κ1) is 30.4. The molecule has 1 saturated heterocycles. The summed E-state index contributed by atoms with van der Waals surface area (Å²) < 4.78 is 14.8. The summed E-state index contributed by atoms with van der Waals surface area (Å²) in [6, 6.07) is -1.01. The van der Waals surface area contributed by atoms with Gasteiger partial charge in [0, 0.05) is 11.1 Å². The number of hydrogen-bond acceptors (Lipinski definition) is 14. The molecule has 2 aliphatic rings. The Balaban J connectivity index is 1.79. The zero-order chi connectivity index (χ0) is 29.6. The van der Waals surface area contributed by atoms with E-state index in [9.17, 15) is 24.0 Å². The van der Waals surface area contributed by atoms with Crippen LogP contribution in [-0.2, 0) is 38.2 Å². The monoisotopic (exact) mass is 596 g/mol. The minimum atomic E-state index is -1.01. The molecule has 0 aromatic carbocycles. The van der Waals surface area contributed by atoms with Gasteiger partial charge < -0.3 is 35.8 Å². The lowest BCUT2D eigenvalue weighted by molar-refractivity contribution is -0.173. The normalized spacial score (nSPS) is 19.1. The quantitative estimate of drug-likeness (QED) is 0.110. The van der Waals surface area contributed by atoms with Crippen LogP contribution in [0.25, 0.3) is 0 Å². The third kappa shape index (κ3) is 7.09. The molecule has 15 nitrogen and oxygen atoms in total. The molecule has 3 heterocycles. The maximum absolute atomic E-state index is 13.2. The average molecular weight is 597 g/mol. The number of amides is 3. The summed E-state index contributed by atoms with van der Waals surface area (Å²) >= 11 is 2.37. The van der Waals surface area contributed by atoms with Crippen LogP contribution in [-0.4, -0.2) is 83.1 Å². The minimum Gasteiger partial charge on any atom is -0.445 e. The number of thioether (sulfide) groups is 1. The van der Waals surface area contributed by atoms with Crippen LogP contribution in [0.4, 0.5) is 9.93 Å². The molecule has 40 heavy (non-hydrogen) atoms. The molecule has 0 spiro atoms. The van der Waals surface area contributed by atoms with E-state index in [1.807, 2.05) is 0 Å². The van der Waals surface area contributed by atoms with Crippen LogP contribution in [0, 0.1) is 5.41 Å². The number of nitrogens with two attached hydrogens (primary N) is 2. The number of β-lactam (4-membered cyclic amide) rings is 1. The largest absolute Gasteiger partial charge is 0.445 e. The van der Waals surface area contributed by atoms with Gasteiger partial charge in [0.05, 0.1) is 5.41 Å². The van der Waals surface area contributed by atoms with E-state index in [1.165, 1.54) is 41.3 Å². The fourth-order valence-corrected chi connectivity index (χ4v) is 5.27. The van der Waals surface area contributed by atoms with E-state index < -0.39 is 53.5 Å². The Morgan fingerprint density at radius 2 is 1.98 bits per heavy atom. The smallest absolute Gasteiger partial charge is 0.404 e. The van der Waals surface area contributed by atoms with E-state index in [-0.39, 0.29) is 34.6 Å². The van der Waals surface area contributed by atoms with Gasteiger partial charge in [-0.15, -0.1) is 23.1 Å². The fourth-order valence-electron chi connectivity index (χ4n) is 3.40. The van der Waals surface area contributed by atoms with Crippen LogP contribution < -0.4 is 16.8 Å². The highest BCUT2D eigenvalue weighted by Crippen LogP contribution is 2.41. The maximum Gasteiger partial charge on any atom is 0.404 e. The molecule has 1 fully saturated rings. The van der Waals surface area contributed by atoms with Gasteiger partial charge in [-0.1, -0.05) is 11.2 Å². The highest BCUT2D eigenvalue weighted by molar-refractivity contribution is 8.00. The van der Waals surface area contributed by atoms with Crippen molar-refractivity contribution in [3.8, 4) is 0 Å². The van der Waals surface area contributed by atoms with E-state index in [4.69, 9.17) is 25.8 Å². The van der Waals surface area contributed by atoms with E-state index in [0.29, 0.717) is 5.57 Å². The second-order valence-corrected chi connectivity index (χ2v) is 11.2. The second-order valence-electron chi connectivity index (χ2n) is 9.19. The molecule has 3 rings (SSSR count). The summed E-state index contributed by atoms with van der Waals surface area (Å²) in [4.78, 5) is 72.1. The SMILES string of the molecule is CO/N=C(\C(=O)NC1C(=O)N2C(C(=O)OCOC(=O)C(C)(C)C)=C(/C=C\COC(N)=O)CSC12)c1csc(N)n1. The van der Waals surface area contributed by atoms with E-state index in [0.717, 1.165) is 11.3 Å². The summed E-state index contributed by atoms with van der Waals surface area (Å²) in [7, 11) is 1.25. The van der Waals surface area contributed by atoms with Crippen molar-refractivity contribution < 1.29 is 43.0 Å². The number of esters is 2.